The highest BCUT2D eigenvalue weighted by Gasteiger charge is 2.47. The number of carbonyl (C=O) groups is 1. The topological polar surface area (TPSA) is 29.1 Å². The average molecular weight is 247 g/mol. The van der Waals surface area contributed by atoms with Gasteiger partial charge in [-0.3, -0.25) is 4.79 Å². The second kappa shape index (κ2) is 4.30. The molecule has 1 aliphatic heterocycles. The summed E-state index contributed by atoms with van der Waals surface area (Å²) in [6.45, 7) is 8.96. The van der Waals surface area contributed by atoms with Gasteiger partial charge in [-0.15, -0.1) is 0 Å². The van der Waals surface area contributed by atoms with E-state index in [1.807, 2.05) is 0 Å². The molecule has 1 amide bonds. The number of nitrogens with one attached hydrogen (secondary N) is 1. The zero-order valence-corrected chi connectivity index (χ0v) is 12.0. The van der Waals surface area contributed by atoms with Crippen LogP contribution < -0.4 is 10.5 Å². The van der Waals surface area contributed by atoms with E-state index >= 15 is 0 Å². The predicted octanol–water partition coefficient (Wildman–Crippen LogP) is 2.13. The van der Waals surface area contributed by atoms with Crippen LogP contribution in [0.2, 0.25) is 18.6 Å². The zero-order chi connectivity index (χ0) is 12.6. The molecule has 1 aromatic carbocycles. The molecule has 1 heterocycles. The molecule has 1 fully saturated rings. The normalized spacial score (nSPS) is 29.2. The number of hydrogen-bond donors (Lipinski definition) is 1. The Kier molecular flexibility index (Phi) is 3.12. The second-order valence-electron chi connectivity index (χ2n) is 5.70. The number of hydrogen-bond acceptors (Lipinski definition) is 1. The summed E-state index contributed by atoms with van der Waals surface area (Å²) in [4.78, 5) is 11.8. The number of rotatable bonds is 2. The first-order valence-electron chi connectivity index (χ1n) is 6.30. The van der Waals surface area contributed by atoms with Crippen molar-refractivity contribution in [2.24, 2.45) is 5.92 Å². The summed E-state index contributed by atoms with van der Waals surface area (Å²) in [7, 11) is -1.60. The molecule has 0 saturated carbocycles. The molecule has 3 heteroatoms. The van der Waals surface area contributed by atoms with Gasteiger partial charge >= 0.3 is 0 Å². The summed E-state index contributed by atoms with van der Waals surface area (Å²) in [5.41, 5.74) is 0.484. The summed E-state index contributed by atoms with van der Waals surface area (Å²) in [6.07, 6.45) is 0. The number of carbonyl (C=O) groups excluding carboxylic acids is 1. The van der Waals surface area contributed by atoms with E-state index in [2.05, 4.69) is 62.6 Å². The molecule has 1 N–H and O–H groups in total. The standard InChI is InChI=1S/C14H21NOSi/c1-10-13(11(2)15-14(10)16)17(3,4)12-8-6-5-7-9-12/h5-11,13H,1-4H3,(H,15,16)/t10-,11+,13-/m0/s1. The van der Waals surface area contributed by atoms with E-state index in [1.165, 1.54) is 5.19 Å². The van der Waals surface area contributed by atoms with E-state index in [0.29, 0.717) is 11.6 Å². The van der Waals surface area contributed by atoms with Gasteiger partial charge in [0.2, 0.25) is 5.91 Å². The number of benzene rings is 1. The summed E-state index contributed by atoms with van der Waals surface area (Å²) in [6, 6.07) is 11.0. The molecule has 92 valence electrons. The van der Waals surface area contributed by atoms with E-state index in [0.717, 1.165) is 0 Å². The number of amides is 1. The molecule has 17 heavy (non-hydrogen) atoms. The van der Waals surface area contributed by atoms with Crippen molar-refractivity contribution in [3.8, 4) is 0 Å². The van der Waals surface area contributed by atoms with Crippen LogP contribution in [0.5, 0.6) is 0 Å². The van der Waals surface area contributed by atoms with E-state index in [4.69, 9.17) is 0 Å². The van der Waals surface area contributed by atoms with Crippen molar-refractivity contribution in [3.05, 3.63) is 30.3 Å². The third-order valence-corrected chi connectivity index (χ3v) is 8.70. The molecule has 0 spiro atoms. The Labute approximate surface area is 104 Å². The largest absolute Gasteiger partial charge is 0.353 e. The van der Waals surface area contributed by atoms with Gasteiger partial charge < -0.3 is 5.32 Å². The Hall–Kier alpha value is -1.09. The van der Waals surface area contributed by atoms with Crippen molar-refractivity contribution in [2.45, 2.75) is 38.5 Å². The predicted molar refractivity (Wildman–Crippen MR) is 74.1 cm³/mol. The van der Waals surface area contributed by atoms with Crippen molar-refractivity contribution in [1.29, 1.82) is 0 Å². The Morgan fingerprint density at radius 2 is 1.71 bits per heavy atom. The quantitative estimate of drug-likeness (QED) is 0.797. The van der Waals surface area contributed by atoms with Crippen molar-refractivity contribution in [1.82, 2.24) is 5.32 Å². The fourth-order valence-corrected chi connectivity index (χ4v) is 7.52. The fraction of sp³-hybridized carbons (Fsp3) is 0.500. The molecule has 1 aliphatic rings. The molecule has 0 unspecified atom stereocenters. The van der Waals surface area contributed by atoms with Gasteiger partial charge in [-0.25, -0.2) is 0 Å². The molecule has 0 radical (unpaired) electrons. The Morgan fingerprint density at radius 1 is 1.12 bits per heavy atom. The van der Waals surface area contributed by atoms with Crippen LogP contribution in [0.3, 0.4) is 0 Å². The van der Waals surface area contributed by atoms with E-state index in [-0.39, 0.29) is 11.8 Å². The van der Waals surface area contributed by atoms with Crippen molar-refractivity contribution >= 4 is 19.2 Å². The molecule has 2 nitrogen and oxygen atoms in total. The highest BCUT2D eigenvalue weighted by Crippen LogP contribution is 2.37. The average Bonchev–Trinajstić information content (AvgIpc) is 2.54. The fourth-order valence-electron chi connectivity index (χ4n) is 3.35. The molecule has 3 atom stereocenters. The minimum absolute atomic E-state index is 0.145. The van der Waals surface area contributed by atoms with Gasteiger partial charge in [0.1, 0.15) is 0 Å². The minimum Gasteiger partial charge on any atom is -0.353 e. The van der Waals surface area contributed by atoms with Crippen LogP contribution in [-0.4, -0.2) is 20.0 Å². The molecule has 0 aliphatic carbocycles. The summed E-state index contributed by atoms with van der Waals surface area (Å²) in [5, 5.41) is 4.53. The Balaban J connectivity index is 2.36. The zero-order valence-electron chi connectivity index (χ0n) is 11.0. The van der Waals surface area contributed by atoms with E-state index in [1.54, 1.807) is 0 Å². The van der Waals surface area contributed by atoms with Crippen molar-refractivity contribution in [3.63, 3.8) is 0 Å². The van der Waals surface area contributed by atoms with Gasteiger partial charge in [0.05, 0.1) is 8.07 Å². The lowest BCUT2D eigenvalue weighted by Gasteiger charge is -2.34. The van der Waals surface area contributed by atoms with Crippen molar-refractivity contribution < 1.29 is 4.79 Å². The Bertz CT molecular complexity index is 415. The first kappa shape index (κ1) is 12.4. The van der Waals surface area contributed by atoms with E-state index in [9.17, 15) is 4.79 Å². The van der Waals surface area contributed by atoms with Gasteiger partial charge in [0, 0.05) is 12.0 Å². The monoisotopic (exact) mass is 247 g/mol. The Morgan fingerprint density at radius 3 is 2.18 bits per heavy atom. The van der Waals surface area contributed by atoms with Gasteiger partial charge in [-0.1, -0.05) is 55.5 Å². The van der Waals surface area contributed by atoms with Crippen LogP contribution in [0, 0.1) is 5.92 Å². The minimum atomic E-state index is -1.60. The molecule has 0 bridgehead atoms. The molecule has 2 rings (SSSR count). The van der Waals surface area contributed by atoms with E-state index < -0.39 is 8.07 Å². The maximum absolute atomic E-state index is 11.8. The lowest BCUT2D eigenvalue weighted by atomic mass is 10.1. The van der Waals surface area contributed by atoms with Crippen LogP contribution in [-0.2, 0) is 4.79 Å². The summed E-state index contributed by atoms with van der Waals surface area (Å²) >= 11 is 0. The van der Waals surface area contributed by atoms with Crippen LogP contribution in [0.4, 0.5) is 0 Å². The van der Waals surface area contributed by atoms with Gasteiger partial charge in [0.25, 0.3) is 0 Å². The summed E-state index contributed by atoms with van der Waals surface area (Å²) in [5.74, 6) is 0.367. The second-order valence-corrected chi connectivity index (χ2v) is 10.4. The maximum Gasteiger partial charge on any atom is 0.223 e. The SMILES string of the molecule is C[C@@H]1C(=O)N[C@H](C)[C@H]1[Si](C)(C)c1ccccc1. The molecular weight excluding hydrogens is 226 g/mol. The van der Waals surface area contributed by atoms with Crippen LogP contribution >= 0.6 is 0 Å². The van der Waals surface area contributed by atoms with Crippen LogP contribution in [0.1, 0.15) is 13.8 Å². The molecular formula is C14H21NOSi. The third kappa shape index (κ3) is 2.04. The highest BCUT2D eigenvalue weighted by molar-refractivity contribution is 6.91. The molecule has 1 aromatic rings. The third-order valence-electron chi connectivity index (χ3n) is 4.21. The van der Waals surface area contributed by atoms with Gasteiger partial charge in [0.15, 0.2) is 0 Å². The van der Waals surface area contributed by atoms with Gasteiger partial charge in [-0.2, -0.15) is 0 Å². The van der Waals surface area contributed by atoms with Gasteiger partial charge in [-0.05, 0) is 12.5 Å². The molecule has 0 aromatic heterocycles. The lowest BCUT2D eigenvalue weighted by molar-refractivity contribution is -0.122. The first-order chi connectivity index (χ1) is 7.94. The lowest BCUT2D eigenvalue weighted by Crippen LogP contribution is -2.50. The smallest absolute Gasteiger partial charge is 0.223 e. The van der Waals surface area contributed by atoms with Crippen molar-refractivity contribution in [2.75, 3.05) is 0 Å². The highest BCUT2D eigenvalue weighted by atomic mass is 28.3. The van der Waals surface area contributed by atoms with Crippen LogP contribution in [0.15, 0.2) is 30.3 Å². The maximum atomic E-state index is 11.8. The summed E-state index contributed by atoms with van der Waals surface area (Å²) < 4.78 is 0. The van der Waals surface area contributed by atoms with Crippen LogP contribution in [0.25, 0.3) is 0 Å². The first-order valence-corrected chi connectivity index (χ1v) is 9.38. The molecule has 1 saturated heterocycles.